The number of aliphatic hydroxyl groups is 1. The molecule has 0 saturated carbocycles. The average molecular weight is 293 g/mol. The third-order valence-electron chi connectivity index (χ3n) is 4.76. The van der Waals surface area contributed by atoms with E-state index in [0.29, 0.717) is 11.6 Å². The van der Waals surface area contributed by atoms with Crippen molar-refractivity contribution in [1.82, 2.24) is 4.90 Å². The number of rotatable bonds is 5. The van der Waals surface area contributed by atoms with E-state index in [1.165, 1.54) is 31.7 Å². The van der Waals surface area contributed by atoms with Gasteiger partial charge in [0.1, 0.15) is 5.82 Å². The molecule has 2 rings (SSSR count). The molecule has 1 aromatic rings. The number of hydrogen-bond acceptors (Lipinski definition) is 2. The summed E-state index contributed by atoms with van der Waals surface area (Å²) in [6.07, 6.45) is 5.52. The van der Waals surface area contributed by atoms with Gasteiger partial charge in [0.25, 0.3) is 0 Å². The summed E-state index contributed by atoms with van der Waals surface area (Å²) in [5, 5.41) is 10.5. The maximum atomic E-state index is 13.8. The largest absolute Gasteiger partial charge is 0.388 e. The second-order valence-corrected chi connectivity index (χ2v) is 6.35. The highest BCUT2D eigenvalue weighted by molar-refractivity contribution is 5.20. The maximum absolute atomic E-state index is 13.8. The van der Waals surface area contributed by atoms with Crippen LogP contribution >= 0.6 is 0 Å². The van der Waals surface area contributed by atoms with E-state index >= 15 is 0 Å². The van der Waals surface area contributed by atoms with Gasteiger partial charge in [-0.05, 0) is 37.8 Å². The van der Waals surface area contributed by atoms with Crippen molar-refractivity contribution in [1.29, 1.82) is 0 Å². The lowest BCUT2D eigenvalue weighted by Crippen LogP contribution is -2.39. The molecule has 1 aromatic carbocycles. The summed E-state index contributed by atoms with van der Waals surface area (Å²) < 4.78 is 13.8. The average Bonchev–Trinajstić information content (AvgIpc) is 2.72. The lowest BCUT2D eigenvalue weighted by molar-refractivity contribution is 0.0706. The monoisotopic (exact) mass is 293 g/mol. The van der Waals surface area contributed by atoms with Gasteiger partial charge in [0.2, 0.25) is 0 Å². The molecule has 3 atom stereocenters. The number of benzene rings is 1. The second-order valence-electron chi connectivity index (χ2n) is 6.35. The van der Waals surface area contributed by atoms with Crippen LogP contribution in [0.5, 0.6) is 0 Å². The molecule has 1 saturated heterocycles. The van der Waals surface area contributed by atoms with Crippen molar-refractivity contribution >= 4 is 0 Å². The SMILES string of the molecule is CCC1CCCCCN1CC(C)C(O)c1ccccc1F. The topological polar surface area (TPSA) is 23.5 Å². The van der Waals surface area contributed by atoms with E-state index in [2.05, 4.69) is 11.8 Å². The summed E-state index contributed by atoms with van der Waals surface area (Å²) in [5.41, 5.74) is 0.424. The number of halogens is 1. The van der Waals surface area contributed by atoms with Gasteiger partial charge in [0.15, 0.2) is 0 Å². The van der Waals surface area contributed by atoms with E-state index in [1.807, 2.05) is 6.92 Å². The molecular weight excluding hydrogens is 265 g/mol. The van der Waals surface area contributed by atoms with E-state index in [-0.39, 0.29) is 11.7 Å². The molecule has 0 radical (unpaired) electrons. The van der Waals surface area contributed by atoms with Crippen molar-refractivity contribution in [2.24, 2.45) is 5.92 Å². The van der Waals surface area contributed by atoms with E-state index in [1.54, 1.807) is 18.2 Å². The van der Waals surface area contributed by atoms with Crippen LogP contribution in [-0.4, -0.2) is 29.1 Å². The zero-order valence-corrected chi connectivity index (χ0v) is 13.3. The summed E-state index contributed by atoms with van der Waals surface area (Å²) >= 11 is 0. The van der Waals surface area contributed by atoms with Crippen LogP contribution in [0.3, 0.4) is 0 Å². The summed E-state index contributed by atoms with van der Waals surface area (Å²) in [7, 11) is 0. The minimum Gasteiger partial charge on any atom is -0.388 e. The number of nitrogens with zero attached hydrogens (tertiary/aromatic N) is 1. The third-order valence-corrected chi connectivity index (χ3v) is 4.76. The van der Waals surface area contributed by atoms with Crippen molar-refractivity contribution in [3.63, 3.8) is 0 Å². The number of aliphatic hydroxyl groups excluding tert-OH is 1. The van der Waals surface area contributed by atoms with Gasteiger partial charge in [-0.1, -0.05) is 44.9 Å². The maximum Gasteiger partial charge on any atom is 0.129 e. The van der Waals surface area contributed by atoms with Gasteiger partial charge in [0.05, 0.1) is 6.10 Å². The van der Waals surface area contributed by atoms with Gasteiger partial charge < -0.3 is 10.0 Å². The standard InChI is InChI=1S/C18H28FNO/c1-3-15-9-5-4-8-12-20(15)13-14(2)18(21)16-10-6-7-11-17(16)19/h6-7,10-11,14-15,18,21H,3-5,8-9,12-13H2,1-2H3. The van der Waals surface area contributed by atoms with Crippen LogP contribution in [0.1, 0.15) is 57.6 Å². The van der Waals surface area contributed by atoms with Crippen LogP contribution in [0.15, 0.2) is 24.3 Å². The fourth-order valence-electron chi connectivity index (χ4n) is 3.43. The first kappa shape index (κ1) is 16.4. The van der Waals surface area contributed by atoms with Crippen LogP contribution in [0.25, 0.3) is 0 Å². The van der Waals surface area contributed by atoms with E-state index in [0.717, 1.165) is 19.5 Å². The third kappa shape index (κ3) is 4.27. The lowest BCUT2D eigenvalue weighted by atomic mass is 9.95. The Kier molecular flexibility index (Phi) is 6.19. The summed E-state index contributed by atoms with van der Waals surface area (Å²) in [6.45, 7) is 6.20. The highest BCUT2D eigenvalue weighted by Crippen LogP contribution is 2.27. The highest BCUT2D eigenvalue weighted by atomic mass is 19.1. The molecule has 0 bridgehead atoms. The van der Waals surface area contributed by atoms with Crippen molar-refractivity contribution < 1.29 is 9.50 Å². The molecule has 0 spiro atoms. The summed E-state index contributed by atoms with van der Waals surface area (Å²) in [6, 6.07) is 7.18. The minimum absolute atomic E-state index is 0.0362. The first-order valence-corrected chi connectivity index (χ1v) is 8.30. The van der Waals surface area contributed by atoms with Crippen LogP contribution < -0.4 is 0 Å². The van der Waals surface area contributed by atoms with Gasteiger partial charge in [-0.15, -0.1) is 0 Å². The predicted octanol–water partition coefficient (Wildman–Crippen LogP) is 4.15. The quantitative estimate of drug-likeness (QED) is 0.881. The van der Waals surface area contributed by atoms with Gasteiger partial charge in [-0.3, -0.25) is 0 Å². The highest BCUT2D eigenvalue weighted by Gasteiger charge is 2.25. The smallest absolute Gasteiger partial charge is 0.129 e. The zero-order chi connectivity index (χ0) is 15.2. The normalized spacial score (nSPS) is 23.5. The van der Waals surface area contributed by atoms with Crippen LogP contribution in [-0.2, 0) is 0 Å². The van der Waals surface area contributed by atoms with E-state index in [9.17, 15) is 9.50 Å². The molecule has 3 unspecified atom stereocenters. The predicted molar refractivity (Wildman–Crippen MR) is 84.6 cm³/mol. The molecule has 1 aliphatic heterocycles. The Bertz CT molecular complexity index is 437. The van der Waals surface area contributed by atoms with Crippen molar-refractivity contribution in [3.05, 3.63) is 35.6 Å². The van der Waals surface area contributed by atoms with Gasteiger partial charge in [0, 0.05) is 18.2 Å². The molecule has 2 nitrogen and oxygen atoms in total. The van der Waals surface area contributed by atoms with E-state index < -0.39 is 6.10 Å². The van der Waals surface area contributed by atoms with Crippen molar-refractivity contribution in [2.45, 2.75) is 58.1 Å². The van der Waals surface area contributed by atoms with Crippen molar-refractivity contribution in [2.75, 3.05) is 13.1 Å². The first-order valence-electron chi connectivity index (χ1n) is 8.30. The molecule has 1 N–H and O–H groups in total. The fourth-order valence-corrected chi connectivity index (χ4v) is 3.43. The molecule has 0 aromatic heterocycles. The van der Waals surface area contributed by atoms with Crippen LogP contribution in [0.4, 0.5) is 4.39 Å². The molecule has 1 fully saturated rings. The zero-order valence-electron chi connectivity index (χ0n) is 13.3. The Hall–Kier alpha value is -0.930. The Morgan fingerprint density at radius 1 is 1.29 bits per heavy atom. The number of hydrogen-bond donors (Lipinski definition) is 1. The van der Waals surface area contributed by atoms with Gasteiger partial charge in [-0.2, -0.15) is 0 Å². The molecule has 0 amide bonds. The Labute approximate surface area is 128 Å². The molecule has 1 aliphatic rings. The lowest BCUT2D eigenvalue weighted by Gasteiger charge is -2.33. The molecule has 0 aliphatic carbocycles. The Morgan fingerprint density at radius 3 is 2.76 bits per heavy atom. The fraction of sp³-hybridized carbons (Fsp3) is 0.667. The van der Waals surface area contributed by atoms with Crippen LogP contribution in [0, 0.1) is 11.7 Å². The van der Waals surface area contributed by atoms with Gasteiger partial charge in [-0.25, -0.2) is 4.39 Å². The Balaban J connectivity index is 2.02. The molecule has 21 heavy (non-hydrogen) atoms. The van der Waals surface area contributed by atoms with Crippen LogP contribution in [0.2, 0.25) is 0 Å². The van der Waals surface area contributed by atoms with Crippen molar-refractivity contribution in [3.8, 4) is 0 Å². The molecule has 1 heterocycles. The molecule has 118 valence electrons. The first-order chi connectivity index (χ1) is 10.1. The summed E-state index contributed by atoms with van der Waals surface area (Å²) in [4.78, 5) is 2.50. The number of likely N-dealkylation sites (tertiary alicyclic amines) is 1. The second kappa shape index (κ2) is 7.90. The minimum atomic E-state index is -0.730. The summed E-state index contributed by atoms with van der Waals surface area (Å²) in [5.74, 6) is -0.270. The molecule has 3 heteroatoms. The Morgan fingerprint density at radius 2 is 2.05 bits per heavy atom. The molecular formula is C18H28FNO. The van der Waals surface area contributed by atoms with E-state index in [4.69, 9.17) is 0 Å². The van der Waals surface area contributed by atoms with Gasteiger partial charge >= 0.3 is 0 Å².